The molecule has 28 heavy (non-hydrogen) atoms. The van der Waals surface area contributed by atoms with Gasteiger partial charge in [-0.15, -0.1) is 0 Å². The molecular weight excluding hydrogens is 358 g/mol. The lowest BCUT2D eigenvalue weighted by Crippen LogP contribution is -2.17. The van der Waals surface area contributed by atoms with Gasteiger partial charge >= 0.3 is 0 Å². The quantitative estimate of drug-likeness (QED) is 0.404. The Hall–Kier alpha value is -4.07. The molecule has 1 amide bonds. The molecule has 0 atom stereocenters. The first-order valence-corrected chi connectivity index (χ1v) is 8.37. The molecule has 0 saturated heterocycles. The van der Waals surface area contributed by atoms with E-state index in [1.54, 1.807) is 36.2 Å². The Bertz CT molecular complexity index is 1010. The van der Waals surface area contributed by atoms with Crippen LogP contribution in [0.3, 0.4) is 0 Å². The Kier molecular flexibility index (Phi) is 5.71. The second kappa shape index (κ2) is 8.54. The minimum Gasteiger partial charge on any atom is -0.339 e. The van der Waals surface area contributed by atoms with E-state index < -0.39 is 10.8 Å². The zero-order valence-electron chi connectivity index (χ0n) is 15.0. The third-order valence-electron chi connectivity index (χ3n) is 4.02. The van der Waals surface area contributed by atoms with Crippen LogP contribution in [-0.2, 0) is 0 Å². The number of carbonyl (C=O) groups excluding carboxylic acids is 1. The summed E-state index contributed by atoms with van der Waals surface area (Å²) in [6.45, 7) is 0. The molecule has 2 aromatic carbocycles. The first-order valence-electron chi connectivity index (χ1n) is 8.37. The van der Waals surface area contributed by atoms with Crippen LogP contribution in [0, 0.1) is 10.1 Å². The van der Waals surface area contributed by atoms with Crippen LogP contribution in [0.25, 0.3) is 0 Å². The predicted octanol–water partition coefficient (Wildman–Crippen LogP) is 3.52. The minimum absolute atomic E-state index is 0.0595. The van der Waals surface area contributed by atoms with Crippen molar-refractivity contribution in [3.63, 3.8) is 0 Å². The monoisotopic (exact) mass is 375 g/mol. The van der Waals surface area contributed by atoms with Crippen molar-refractivity contribution in [2.24, 2.45) is 5.10 Å². The van der Waals surface area contributed by atoms with E-state index in [2.05, 4.69) is 15.5 Å². The number of nitro groups is 1. The van der Waals surface area contributed by atoms with Gasteiger partial charge in [0.25, 0.3) is 11.6 Å². The molecule has 1 aromatic heterocycles. The van der Waals surface area contributed by atoms with Gasteiger partial charge in [0.15, 0.2) is 0 Å². The number of nitrogens with one attached hydrogen (secondary N) is 1. The largest absolute Gasteiger partial charge is 0.339 e. The maximum atomic E-state index is 11.9. The maximum absolute atomic E-state index is 11.9. The Balaban J connectivity index is 1.79. The highest BCUT2D eigenvalue weighted by Crippen LogP contribution is 2.32. The van der Waals surface area contributed by atoms with Crippen molar-refractivity contribution in [3.8, 4) is 0 Å². The SMILES string of the molecule is CN(c1ccccc1)c1ccc(/C=N\NC(=O)c2ccncc2)cc1[N+](=O)[O-]. The highest BCUT2D eigenvalue weighted by atomic mass is 16.6. The summed E-state index contributed by atoms with van der Waals surface area (Å²) in [7, 11) is 1.76. The van der Waals surface area contributed by atoms with Crippen molar-refractivity contribution in [3.05, 3.63) is 94.3 Å². The zero-order chi connectivity index (χ0) is 19.9. The van der Waals surface area contributed by atoms with Crippen LogP contribution >= 0.6 is 0 Å². The van der Waals surface area contributed by atoms with Crippen LogP contribution in [-0.4, -0.2) is 29.1 Å². The van der Waals surface area contributed by atoms with Crippen LogP contribution in [0.15, 0.2) is 78.2 Å². The average molecular weight is 375 g/mol. The predicted molar refractivity (Wildman–Crippen MR) is 107 cm³/mol. The van der Waals surface area contributed by atoms with Crippen molar-refractivity contribution in [2.45, 2.75) is 0 Å². The normalized spacial score (nSPS) is 10.6. The molecule has 140 valence electrons. The van der Waals surface area contributed by atoms with Gasteiger partial charge in [-0.05, 0) is 30.3 Å². The number of hydrazone groups is 1. The Morgan fingerprint density at radius 1 is 1.14 bits per heavy atom. The molecule has 0 saturated carbocycles. The number of hydrogen-bond acceptors (Lipinski definition) is 6. The first kappa shape index (κ1) is 18.7. The Labute approximate surface area is 161 Å². The Morgan fingerprint density at radius 2 is 1.86 bits per heavy atom. The summed E-state index contributed by atoms with van der Waals surface area (Å²) in [6.07, 6.45) is 4.37. The molecule has 0 spiro atoms. The smallest absolute Gasteiger partial charge is 0.293 e. The standard InChI is InChI=1S/C20H17N5O3/c1-24(17-5-3-2-4-6-17)18-8-7-15(13-19(18)25(27)28)14-22-23-20(26)16-9-11-21-12-10-16/h2-14H,1H3,(H,23,26)/b22-14-. The molecule has 1 N–H and O–H groups in total. The van der Waals surface area contributed by atoms with Gasteiger partial charge in [0.1, 0.15) is 5.69 Å². The minimum atomic E-state index is -0.443. The van der Waals surface area contributed by atoms with Gasteiger partial charge in [0.2, 0.25) is 0 Å². The molecule has 0 aliphatic heterocycles. The van der Waals surface area contributed by atoms with Gasteiger partial charge in [-0.25, -0.2) is 5.43 Å². The molecule has 3 rings (SSSR count). The fourth-order valence-electron chi connectivity index (χ4n) is 2.57. The van der Waals surface area contributed by atoms with Crippen LogP contribution < -0.4 is 10.3 Å². The number of anilines is 2. The van der Waals surface area contributed by atoms with Crippen molar-refractivity contribution in [1.29, 1.82) is 0 Å². The number of carbonyl (C=O) groups is 1. The number of pyridine rings is 1. The lowest BCUT2D eigenvalue weighted by molar-refractivity contribution is -0.384. The number of hydrogen-bond donors (Lipinski definition) is 1. The van der Waals surface area contributed by atoms with Crippen LogP contribution in [0.4, 0.5) is 17.1 Å². The molecular formula is C20H17N5O3. The van der Waals surface area contributed by atoms with Crippen molar-refractivity contribution >= 4 is 29.2 Å². The van der Waals surface area contributed by atoms with Crippen molar-refractivity contribution in [1.82, 2.24) is 10.4 Å². The van der Waals surface area contributed by atoms with Crippen LogP contribution in [0.1, 0.15) is 15.9 Å². The van der Waals surface area contributed by atoms with Gasteiger partial charge in [-0.1, -0.05) is 24.3 Å². The molecule has 0 aliphatic carbocycles. The number of para-hydroxylation sites is 1. The summed E-state index contributed by atoms with van der Waals surface area (Å²) in [5.41, 5.74) is 4.51. The van der Waals surface area contributed by atoms with E-state index in [0.717, 1.165) is 5.69 Å². The fourth-order valence-corrected chi connectivity index (χ4v) is 2.57. The molecule has 1 heterocycles. The van der Waals surface area contributed by atoms with Crippen molar-refractivity contribution < 1.29 is 9.72 Å². The van der Waals surface area contributed by atoms with Crippen molar-refractivity contribution in [2.75, 3.05) is 11.9 Å². The number of amides is 1. The highest BCUT2D eigenvalue weighted by Gasteiger charge is 2.18. The van der Waals surface area contributed by atoms with E-state index in [-0.39, 0.29) is 5.69 Å². The lowest BCUT2D eigenvalue weighted by Gasteiger charge is -2.19. The summed E-state index contributed by atoms with van der Waals surface area (Å²) in [6, 6.07) is 17.2. The van der Waals surface area contributed by atoms with E-state index in [0.29, 0.717) is 16.8 Å². The van der Waals surface area contributed by atoms with E-state index >= 15 is 0 Å². The number of nitrogens with zero attached hydrogens (tertiary/aromatic N) is 4. The first-order chi connectivity index (χ1) is 13.6. The number of aromatic nitrogens is 1. The van der Waals surface area contributed by atoms with Gasteiger partial charge in [0, 0.05) is 42.3 Å². The van der Waals surface area contributed by atoms with Crippen LogP contribution in [0.2, 0.25) is 0 Å². The average Bonchev–Trinajstić information content (AvgIpc) is 2.74. The fraction of sp³-hybridized carbons (Fsp3) is 0.0500. The van der Waals surface area contributed by atoms with E-state index in [1.807, 2.05) is 30.3 Å². The molecule has 0 fully saturated rings. The van der Waals surface area contributed by atoms with E-state index in [4.69, 9.17) is 0 Å². The molecule has 0 bridgehead atoms. The zero-order valence-corrected chi connectivity index (χ0v) is 15.0. The number of benzene rings is 2. The maximum Gasteiger partial charge on any atom is 0.293 e. The van der Waals surface area contributed by atoms with Gasteiger partial charge in [-0.3, -0.25) is 19.9 Å². The van der Waals surface area contributed by atoms with Gasteiger partial charge in [-0.2, -0.15) is 5.10 Å². The summed E-state index contributed by atoms with van der Waals surface area (Å²) in [4.78, 5) is 28.6. The second-order valence-corrected chi connectivity index (χ2v) is 5.83. The molecule has 8 heteroatoms. The topological polar surface area (TPSA) is 101 Å². The third kappa shape index (κ3) is 4.36. The van der Waals surface area contributed by atoms with Gasteiger partial charge in [0.05, 0.1) is 11.1 Å². The molecule has 0 aliphatic rings. The van der Waals surface area contributed by atoms with Gasteiger partial charge < -0.3 is 4.90 Å². The highest BCUT2D eigenvalue weighted by molar-refractivity contribution is 5.94. The second-order valence-electron chi connectivity index (χ2n) is 5.83. The lowest BCUT2D eigenvalue weighted by atomic mass is 10.1. The van der Waals surface area contributed by atoms with E-state index in [9.17, 15) is 14.9 Å². The molecule has 0 unspecified atom stereocenters. The molecule has 8 nitrogen and oxygen atoms in total. The summed E-state index contributed by atoms with van der Waals surface area (Å²) >= 11 is 0. The molecule has 3 aromatic rings. The van der Waals surface area contributed by atoms with E-state index in [1.165, 1.54) is 24.7 Å². The third-order valence-corrected chi connectivity index (χ3v) is 4.02. The molecule has 0 radical (unpaired) electrons. The summed E-state index contributed by atoms with van der Waals surface area (Å²) in [5.74, 6) is -0.395. The summed E-state index contributed by atoms with van der Waals surface area (Å²) < 4.78 is 0. The number of rotatable bonds is 6. The summed E-state index contributed by atoms with van der Waals surface area (Å²) in [5, 5.41) is 15.4. The van der Waals surface area contributed by atoms with Crippen LogP contribution in [0.5, 0.6) is 0 Å². The Morgan fingerprint density at radius 3 is 2.54 bits per heavy atom. The number of nitro benzene ring substituents is 1.